The monoisotopic (exact) mass is 177 g/mol. The largest absolute Gasteiger partial charge is 0.335 e. The fourth-order valence-corrected chi connectivity index (χ4v) is 2.17. The zero-order valence-corrected chi connectivity index (χ0v) is 7.74. The highest BCUT2D eigenvalue weighted by Gasteiger charge is 2.37. The van der Waals surface area contributed by atoms with E-state index in [4.69, 9.17) is 5.73 Å². The van der Waals surface area contributed by atoms with Crippen LogP contribution in [-0.2, 0) is 13.0 Å². The van der Waals surface area contributed by atoms with E-state index in [2.05, 4.69) is 15.7 Å². The lowest BCUT2D eigenvalue weighted by Gasteiger charge is -2.11. The van der Waals surface area contributed by atoms with E-state index in [1.807, 2.05) is 0 Å². The number of hydrogen-bond donors (Lipinski definition) is 1. The highest BCUT2D eigenvalue weighted by atomic mass is 15.1. The van der Waals surface area contributed by atoms with Crippen LogP contribution in [0.4, 0.5) is 0 Å². The number of nitrogens with zero attached hydrogens (tertiary/aromatic N) is 2. The van der Waals surface area contributed by atoms with E-state index in [0.29, 0.717) is 12.0 Å². The summed E-state index contributed by atoms with van der Waals surface area (Å²) in [6, 6.07) is 0.386. The van der Waals surface area contributed by atoms with E-state index in [1.54, 1.807) is 0 Å². The third-order valence-electron chi connectivity index (χ3n) is 3.15. The van der Waals surface area contributed by atoms with Crippen LogP contribution < -0.4 is 5.73 Å². The second kappa shape index (κ2) is 2.58. The van der Waals surface area contributed by atoms with Gasteiger partial charge in [0, 0.05) is 31.1 Å². The second-order valence-electron chi connectivity index (χ2n) is 4.24. The molecule has 1 aromatic heterocycles. The van der Waals surface area contributed by atoms with Gasteiger partial charge in [-0.1, -0.05) is 0 Å². The summed E-state index contributed by atoms with van der Waals surface area (Å²) in [5.41, 5.74) is 7.05. The molecule has 13 heavy (non-hydrogen) atoms. The van der Waals surface area contributed by atoms with Crippen LogP contribution in [0.1, 0.15) is 36.7 Å². The van der Waals surface area contributed by atoms with Crippen LogP contribution in [0, 0.1) is 0 Å². The first-order chi connectivity index (χ1) is 6.34. The Hall–Kier alpha value is -0.830. The Labute approximate surface area is 78.0 Å². The van der Waals surface area contributed by atoms with Crippen molar-refractivity contribution in [2.75, 3.05) is 0 Å². The van der Waals surface area contributed by atoms with Gasteiger partial charge in [0.1, 0.15) is 5.82 Å². The Morgan fingerprint density at radius 2 is 2.31 bits per heavy atom. The molecule has 1 saturated carbocycles. The maximum absolute atomic E-state index is 5.81. The average Bonchev–Trinajstić information content (AvgIpc) is 2.74. The van der Waals surface area contributed by atoms with Gasteiger partial charge < -0.3 is 10.3 Å². The van der Waals surface area contributed by atoms with Crippen molar-refractivity contribution in [3.05, 3.63) is 17.7 Å². The van der Waals surface area contributed by atoms with E-state index < -0.39 is 0 Å². The van der Waals surface area contributed by atoms with Gasteiger partial charge in [-0.3, -0.25) is 0 Å². The molecule has 1 aromatic rings. The average molecular weight is 177 g/mol. The molecule has 0 bridgehead atoms. The van der Waals surface area contributed by atoms with Gasteiger partial charge in [0.25, 0.3) is 0 Å². The molecule has 2 aliphatic rings. The summed E-state index contributed by atoms with van der Waals surface area (Å²) in [5, 5.41) is 0. The van der Waals surface area contributed by atoms with Crippen molar-refractivity contribution in [3.63, 3.8) is 0 Å². The van der Waals surface area contributed by atoms with Crippen molar-refractivity contribution in [3.8, 4) is 0 Å². The van der Waals surface area contributed by atoms with Crippen molar-refractivity contribution in [1.82, 2.24) is 9.55 Å². The SMILES string of the molecule is NC1CC1c1cn2c(n1)CCCC2. The molecule has 0 saturated heterocycles. The minimum absolute atomic E-state index is 0.386. The molecule has 1 fully saturated rings. The number of nitrogens with two attached hydrogens (primary N) is 1. The van der Waals surface area contributed by atoms with Gasteiger partial charge in [0.05, 0.1) is 5.69 Å². The molecule has 3 heteroatoms. The molecule has 0 amide bonds. The third-order valence-corrected chi connectivity index (χ3v) is 3.15. The Balaban J connectivity index is 1.91. The third kappa shape index (κ3) is 1.18. The lowest BCUT2D eigenvalue weighted by atomic mass is 10.2. The number of hydrogen-bond acceptors (Lipinski definition) is 2. The Morgan fingerprint density at radius 3 is 3.00 bits per heavy atom. The van der Waals surface area contributed by atoms with Gasteiger partial charge in [0.15, 0.2) is 0 Å². The molecule has 2 atom stereocenters. The van der Waals surface area contributed by atoms with Crippen LogP contribution in [0.5, 0.6) is 0 Å². The molecule has 0 spiro atoms. The summed E-state index contributed by atoms with van der Waals surface area (Å²) in [7, 11) is 0. The number of aromatic nitrogens is 2. The second-order valence-corrected chi connectivity index (χ2v) is 4.24. The normalized spacial score (nSPS) is 31.5. The summed E-state index contributed by atoms with van der Waals surface area (Å²) in [6.07, 6.45) is 7.11. The first-order valence-electron chi connectivity index (χ1n) is 5.16. The molecule has 3 rings (SSSR count). The highest BCUT2D eigenvalue weighted by molar-refractivity contribution is 5.20. The fraction of sp³-hybridized carbons (Fsp3) is 0.700. The quantitative estimate of drug-likeness (QED) is 0.696. The molecule has 2 heterocycles. The summed E-state index contributed by atoms with van der Waals surface area (Å²) in [4.78, 5) is 4.65. The van der Waals surface area contributed by atoms with Crippen LogP contribution in [-0.4, -0.2) is 15.6 Å². The summed E-state index contributed by atoms with van der Waals surface area (Å²) < 4.78 is 2.31. The zero-order chi connectivity index (χ0) is 8.84. The molecule has 0 radical (unpaired) electrons. The first kappa shape index (κ1) is 7.56. The first-order valence-corrected chi connectivity index (χ1v) is 5.16. The maximum Gasteiger partial charge on any atom is 0.108 e. The summed E-state index contributed by atoms with van der Waals surface area (Å²) in [6.45, 7) is 1.16. The molecular weight excluding hydrogens is 162 g/mol. The number of imidazole rings is 1. The maximum atomic E-state index is 5.81. The molecule has 2 N–H and O–H groups in total. The van der Waals surface area contributed by atoms with Gasteiger partial charge in [-0.2, -0.15) is 0 Å². The highest BCUT2D eigenvalue weighted by Crippen LogP contribution is 2.38. The molecule has 70 valence electrons. The van der Waals surface area contributed by atoms with Crippen LogP contribution in [0.3, 0.4) is 0 Å². The Kier molecular flexibility index (Phi) is 1.50. The van der Waals surface area contributed by atoms with Gasteiger partial charge in [0.2, 0.25) is 0 Å². The minimum atomic E-state index is 0.386. The molecule has 1 aliphatic heterocycles. The van der Waals surface area contributed by atoms with E-state index in [9.17, 15) is 0 Å². The molecule has 1 aliphatic carbocycles. The lowest BCUT2D eigenvalue weighted by Crippen LogP contribution is -2.08. The van der Waals surface area contributed by atoms with Crippen molar-refractivity contribution in [2.24, 2.45) is 5.73 Å². The van der Waals surface area contributed by atoms with Crippen molar-refractivity contribution >= 4 is 0 Å². The van der Waals surface area contributed by atoms with E-state index in [-0.39, 0.29) is 0 Å². The fourth-order valence-electron chi connectivity index (χ4n) is 2.17. The van der Waals surface area contributed by atoms with E-state index in [0.717, 1.165) is 19.4 Å². The molecule has 3 nitrogen and oxygen atoms in total. The van der Waals surface area contributed by atoms with Crippen LogP contribution >= 0.6 is 0 Å². The lowest BCUT2D eigenvalue weighted by molar-refractivity contribution is 0.522. The van der Waals surface area contributed by atoms with E-state index in [1.165, 1.54) is 24.4 Å². The Bertz CT molecular complexity index is 305. The topological polar surface area (TPSA) is 43.8 Å². The predicted molar refractivity (Wildman–Crippen MR) is 50.5 cm³/mol. The van der Waals surface area contributed by atoms with Crippen molar-refractivity contribution < 1.29 is 0 Å². The Morgan fingerprint density at radius 1 is 1.46 bits per heavy atom. The molecule has 0 aromatic carbocycles. The van der Waals surface area contributed by atoms with Gasteiger partial charge in [-0.25, -0.2) is 4.98 Å². The molecular formula is C10H15N3. The van der Waals surface area contributed by atoms with E-state index >= 15 is 0 Å². The van der Waals surface area contributed by atoms with Gasteiger partial charge in [-0.15, -0.1) is 0 Å². The van der Waals surface area contributed by atoms with Gasteiger partial charge in [-0.05, 0) is 19.3 Å². The summed E-state index contributed by atoms with van der Waals surface area (Å²) in [5.74, 6) is 1.85. The van der Waals surface area contributed by atoms with Gasteiger partial charge >= 0.3 is 0 Å². The molecule has 2 unspecified atom stereocenters. The number of aryl methyl sites for hydroxylation is 2. The summed E-state index contributed by atoms with van der Waals surface area (Å²) >= 11 is 0. The standard InChI is InChI=1S/C10H15N3/c11-8-5-7(8)9-6-13-4-2-1-3-10(13)12-9/h6-8H,1-5,11H2. The predicted octanol–water partition coefficient (Wildman–Crippen LogP) is 1.03. The minimum Gasteiger partial charge on any atom is -0.335 e. The number of rotatable bonds is 1. The smallest absolute Gasteiger partial charge is 0.108 e. The van der Waals surface area contributed by atoms with Crippen LogP contribution in [0.25, 0.3) is 0 Å². The van der Waals surface area contributed by atoms with Crippen LogP contribution in [0.2, 0.25) is 0 Å². The van der Waals surface area contributed by atoms with Crippen molar-refractivity contribution in [1.29, 1.82) is 0 Å². The zero-order valence-electron chi connectivity index (χ0n) is 7.74. The van der Waals surface area contributed by atoms with Crippen molar-refractivity contribution in [2.45, 2.75) is 44.2 Å². The number of fused-ring (bicyclic) bond motifs is 1. The van der Waals surface area contributed by atoms with Crippen LogP contribution in [0.15, 0.2) is 6.20 Å².